The minimum absolute atomic E-state index is 0.149. The molecule has 0 atom stereocenters. The van der Waals surface area contributed by atoms with Crippen LogP contribution in [0.15, 0.2) is 6.20 Å². The molecule has 1 aliphatic carbocycles. The summed E-state index contributed by atoms with van der Waals surface area (Å²) in [6.45, 7) is 3.11. The van der Waals surface area contributed by atoms with E-state index in [2.05, 4.69) is 11.3 Å². The van der Waals surface area contributed by atoms with E-state index in [0.717, 1.165) is 25.7 Å². The average molecular weight is 319 g/mol. The maximum atomic E-state index is 12.5. The zero-order chi connectivity index (χ0) is 15.7. The lowest BCUT2D eigenvalue weighted by molar-refractivity contribution is -0.187. The SMILES string of the molecule is O=C(Cn1cc2c(n1)CCCCC2)N1CCC2(CC1)OCCO2. The number of aromatic nitrogens is 2. The van der Waals surface area contributed by atoms with E-state index in [9.17, 15) is 4.79 Å². The molecule has 0 aromatic carbocycles. The standard InChI is InChI=1S/C17H25N3O3/c21-16(19-8-6-17(7-9-19)22-10-11-23-17)13-20-12-14-4-2-1-3-5-15(14)18-20/h12H,1-11,13H2. The minimum Gasteiger partial charge on any atom is -0.347 e. The molecule has 1 aromatic heterocycles. The Bertz CT molecular complexity index is 544. The fourth-order valence-electron chi connectivity index (χ4n) is 3.91. The van der Waals surface area contributed by atoms with Crippen LogP contribution in [0.2, 0.25) is 0 Å². The van der Waals surface area contributed by atoms with Gasteiger partial charge in [0.05, 0.1) is 18.9 Å². The molecule has 3 heterocycles. The van der Waals surface area contributed by atoms with Gasteiger partial charge in [-0.1, -0.05) is 6.42 Å². The van der Waals surface area contributed by atoms with Crippen LogP contribution in [0.1, 0.15) is 43.4 Å². The van der Waals surface area contributed by atoms with E-state index in [1.165, 1.54) is 30.5 Å². The highest BCUT2D eigenvalue weighted by Crippen LogP contribution is 2.31. The van der Waals surface area contributed by atoms with Crippen LogP contribution in [0.3, 0.4) is 0 Å². The topological polar surface area (TPSA) is 56.6 Å². The fourth-order valence-corrected chi connectivity index (χ4v) is 3.91. The summed E-state index contributed by atoms with van der Waals surface area (Å²) >= 11 is 0. The number of likely N-dealkylation sites (tertiary alicyclic amines) is 1. The molecule has 2 fully saturated rings. The van der Waals surface area contributed by atoms with Gasteiger partial charge in [0, 0.05) is 32.1 Å². The van der Waals surface area contributed by atoms with Gasteiger partial charge in [-0.25, -0.2) is 0 Å². The van der Waals surface area contributed by atoms with Crippen molar-refractivity contribution in [1.82, 2.24) is 14.7 Å². The molecule has 6 heteroatoms. The Morgan fingerprint density at radius 2 is 1.87 bits per heavy atom. The third kappa shape index (κ3) is 3.15. The molecule has 1 spiro atoms. The highest BCUT2D eigenvalue weighted by atomic mass is 16.7. The number of hydrogen-bond donors (Lipinski definition) is 0. The van der Waals surface area contributed by atoms with Gasteiger partial charge >= 0.3 is 0 Å². The average Bonchev–Trinajstić information content (AvgIpc) is 3.10. The third-order valence-electron chi connectivity index (χ3n) is 5.27. The predicted molar refractivity (Wildman–Crippen MR) is 83.9 cm³/mol. The molecule has 0 bridgehead atoms. The summed E-state index contributed by atoms with van der Waals surface area (Å²) in [6, 6.07) is 0. The molecule has 126 valence electrons. The van der Waals surface area contributed by atoms with Crippen molar-refractivity contribution in [3.8, 4) is 0 Å². The maximum absolute atomic E-state index is 12.5. The summed E-state index contributed by atoms with van der Waals surface area (Å²) in [7, 11) is 0. The lowest BCUT2D eigenvalue weighted by Gasteiger charge is -2.37. The van der Waals surface area contributed by atoms with E-state index in [4.69, 9.17) is 9.47 Å². The van der Waals surface area contributed by atoms with Crippen molar-refractivity contribution in [3.05, 3.63) is 17.5 Å². The van der Waals surface area contributed by atoms with Crippen molar-refractivity contribution >= 4 is 5.91 Å². The van der Waals surface area contributed by atoms with Crippen LogP contribution in [0.25, 0.3) is 0 Å². The summed E-state index contributed by atoms with van der Waals surface area (Å²) in [5.74, 6) is -0.268. The Kier molecular flexibility index (Phi) is 4.11. The van der Waals surface area contributed by atoms with Gasteiger partial charge in [0.15, 0.2) is 5.79 Å². The van der Waals surface area contributed by atoms with Crippen LogP contribution in [-0.4, -0.2) is 52.7 Å². The number of nitrogens with zero attached hydrogens (tertiary/aromatic N) is 3. The fraction of sp³-hybridized carbons (Fsp3) is 0.765. The second-order valence-corrected chi connectivity index (χ2v) is 6.85. The summed E-state index contributed by atoms with van der Waals surface area (Å²) in [6.07, 6.45) is 9.51. The Hall–Kier alpha value is -1.40. The monoisotopic (exact) mass is 319 g/mol. The predicted octanol–water partition coefficient (Wildman–Crippen LogP) is 1.52. The lowest BCUT2D eigenvalue weighted by Crippen LogP contribution is -2.48. The first-order valence-corrected chi connectivity index (χ1v) is 8.85. The molecule has 1 aromatic rings. The van der Waals surface area contributed by atoms with E-state index < -0.39 is 5.79 Å². The zero-order valence-electron chi connectivity index (χ0n) is 13.6. The van der Waals surface area contributed by atoms with Crippen molar-refractivity contribution in [2.45, 2.75) is 57.3 Å². The largest absolute Gasteiger partial charge is 0.347 e. The van der Waals surface area contributed by atoms with E-state index in [1.807, 2.05) is 9.58 Å². The molecule has 3 aliphatic rings. The molecule has 6 nitrogen and oxygen atoms in total. The minimum atomic E-state index is -0.417. The molecular formula is C17H25N3O3. The number of hydrogen-bond acceptors (Lipinski definition) is 4. The van der Waals surface area contributed by atoms with Crippen LogP contribution in [0.5, 0.6) is 0 Å². The summed E-state index contributed by atoms with van der Waals surface area (Å²) < 4.78 is 13.3. The zero-order valence-corrected chi connectivity index (χ0v) is 13.6. The Labute approximate surface area is 136 Å². The molecule has 0 radical (unpaired) electrons. The number of fused-ring (bicyclic) bond motifs is 1. The number of piperidine rings is 1. The van der Waals surface area contributed by atoms with Gasteiger partial charge in [-0.2, -0.15) is 5.10 Å². The highest BCUT2D eigenvalue weighted by Gasteiger charge is 2.40. The number of amides is 1. The first kappa shape index (κ1) is 15.1. The quantitative estimate of drug-likeness (QED) is 0.776. The molecular weight excluding hydrogens is 294 g/mol. The lowest BCUT2D eigenvalue weighted by atomic mass is 10.0. The molecule has 1 amide bonds. The van der Waals surface area contributed by atoms with Crippen molar-refractivity contribution in [2.24, 2.45) is 0 Å². The van der Waals surface area contributed by atoms with Crippen molar-refractivity contribution in [2.75, 3.05) is 26.3 Å². The molecule has 23 heavy (non-hydrogen) atoms. The van der Waals surface area contributed by atoms with Crippen molar-refractivity contribution in [3.63, 3.8) is 0 Å². The van der Waals surface area contributed by atoms with Gasteiger partial charge in [0.2, 0.25) is 5.91 Å². The van der Waals surface area contributed by atoms with Crippen LogP contribution >= 0.6 is 0 Å². The number of ether oxygens (including phenoxy) is 2. The van der Waals surface area contributed by atoms with Gasteiger partial charge in [-0.05, 0) is 31.2 Å². The molecule has 2 aliphatic heterocycles. The molecule has 4 rings (SSSR count). The van der Waals surface area contributed by atoms with Crippen molar-refractivity contribution in [1.29, 1.82) is 0 Å². The van der Waals surface area contributed by atoms with Crippen molar-refractivity contribution < 1.29 is 14.3 Å². The van der Waals surface area contributed by atoms with Gasteiger partial charge < -0.3 is 14.4 Å². The van der Waals surface area contributed by atoms with Gasteiger partial charge in [0.25, 0.3) is 0 Å². The Morgan fingerprint density at radius 1 is 1.13 bits per heavy atom. The second kappa shape index (κ2) is 6.24. The van der Waals surface area contributed by atoms with E-state index >= 15 is 0 Å². The Morgan fingerprint density at radius 3 is 2.65 bits per heavy atom. The van der Waals surface area contributed by atoms with E-state index in [1.54, 1.807) is 0 Å². The van der Waals surface area contributed by atoms with Crippen LogP contribution in [0.4, 0.5) is 0 Å². The van der Waals surface area contributed by atoms with Crippen LogP contribution in [-0.2, 0) is 33.7 Å². The third-order valence-corrected chi connectivity index (χ3v) is 5.27. The van der Waals surface area contributed by atoms with Crippen LogP contribution in [0, 0.1) is 0 Å². The summed E-state index contributed by atoms with van der Waals surface area (Å²) in [4.78, 5) is 14.5. The summed E-state index contributed by atoms with van der Waals surface area (Å²) in [5.41, 5.74) is 2.53. The number of aryl methyl sites for hydroxylation is 2. The first-order chi connectivity index (χ1) is 11.2. The van der Waals surface area contributed by atoms with E-state index in [0.29, 0.717) is 32.8 Å². The molecule has 0 saturated carbocycles. The second-order valence-electron chi connectivity index (χ2n) is 6.85. The molecule has 0 N–H and O–H groups in total. The normalized spacial score (nSPS) is 23.7. The highest BCUT2D eigenvalue weighted by molar-refractivity contribution is 5.76. The molecule has 2 saturated heterocycles. The number of rotatable bonds is 2. The number of carbonyl (C=O) groups is 1. The first-order valence-electron chi connectivity index (χ1n) is 8.85. The Balaban J connectivity index is 1.35. The summed E-state index contributed by atoms with van der Waals surface area (Å²) in [5, 5.41) is 4.64. The molecule has 0 unspecified atom stereocenters. The van der Waals surface area contributed by atoms with Gasteiger partial charge in [0.1, 0.15) is 6.54 Å². The van der Waals surface area contributed by atoms with E-state index in [-0.39, 0.29) is 5.91 Å². The van der Waals surface area contributed by atoms with Crippen LogP contribution < -0.4 is 0 Å². The van der Waals surface area contributed by atoms with Gasteiger partial charge in [-0.3, -0.25) is 9.48 Å². The smallest absolute Gasteiger partial charge is 0.244 e. The maximum Gasteiger partial charge on any atom is 0.244 e. The van der Waals surface area contributed by atoms with Gasteiger partial charge in [-0.15, -0.1) is 0 Å². The number of carbonyl (C=O) groups excluding carboxylic acids is 1.